The summed E-state index contributed by atoms with van der Waals surface area (Å²) in [5.74, 6) is -0.433. The second kappa shape index (κ2) is 7.60. The molecule has 0 aliphatic rings. The minimum atomic E-state index is -3.75. The minimum absolute atomic E-state index is 0.0733. The van der Waals surface area contributed by atoms with Crippen LogP contribution in [0.4, 0.5) is 5.13 Å². The van der Waals surface area contributed by atoms with Crippen LogP contribution in [0.15, 0.2) is 28.5 Å². The third-order valence-corrected chi connectivity index (χ3v) is 6.76. The van der Waals surface area contributed by atoms with Gasteiger partial charge in [0.1, 0.15) is 4.90 Å². The van der Waals surface area contributed by atoms with Crippen LogP contribution in [0.2, 0.25) is 5.02 Å². The number of sulfonamides is 1. The lowest BCUT2D eigenvalue weighted by Gasteiger charge is -2.19. The molecule has 0 atom stereocenters. The Morgan fingerprint density at radius 2 is 2.00 bits per heavy atom. The molecule has 2 rings (SSSR count). The lowest BCUT2D eigenvalue weighted by molar-refractivity contribution is 0.102. The van der Waals surface area contributed by atoms with E-state index in [2.05, 4.69) is 10.3 Å². The molecule has 2 aromatic rings. The van der Waals surface area contributed by atoms with Gasteiger partial charge in [-0.3, -0.25) is 10.1 Å². The lowest BCUT2D eigenvalue weighted by Crippen LogP contribution is -2.31. The third kappa shape index (κ3) is 3.94. The van der Waals surface area contributed by atoms with Crippen LogP contribution in [0.3, 0.4) is 0 Å². The molecule has 1 aromatic carbocycles. The predicted molar refractivity (Wildman–Crippen MR) is 96.4 cm³/mol. The van der Waals surface area contributed by atoms with Crippen LogP contribution < -0.4 is 5.32 Å². The highest BCUT2D eigenvalue weighted by atomic mass is 35.5. The zero-order valence-electron chi connectivity index (χ0n) is 13.5. The van der Waals surface area contributed by atoms with E-state index in [1.807, 2.05) is 12.3 Å². The fourth-order valence-corrected chi connectivity index (χ4v) is 4.77. The standard InChI is InChI=1S/C15H18ClN3O3S2/c1-4-19(5-2)24(21,22)13-8-11(6-7-12(13)16)14(20)18-15-17-10(3)9-23-15/h6-9H,4-5H2,1-3H3,(H,17,18,20). The summed E-state index contributed by atoms with van der Waals surface area (Å²) in [7, 11) is -3.75. The fourth-order valence-electron chi connectivity index (χ4n) is 2.13. The van der Waals surface area contributed by atoms with Gasteiger partial charge in [0.2, 0.25) is 10.0 Å². The Morgan fingerprint density at radius 3 is 2.54 bits per heavy atom. The van der Waals surface area contributed by atoms with E-state index in [0.717, 1.165) is 5.69 Å². The number of carbonyl (C=O) groups excluding carboxylic acids is 1. The van der Waals surface area contributed by atoms with Crippen molar-refractivity contribution < 1.29 is 13.2 Å². The smallest absolute Gasteiger partial charge is 0.257 e. The van der Waals surface area contributed by atoms with Gasteiger partial charge in [0, 0.05) is 24.0 Å². The average molecular weight is 388 g/mol. The first-order chi connectivity index (χ1) is 11.3. The number of anilines is 1. The van der Waals surface area contributed by atoms with E-state index < -0.39 is 15.9 Å². The van der Waals surface area contributed by atoms with E-state index in [1.54, 1.807) is 13.8 Å². The first kappa shape index (κ1) is 18.9. The molecule has 9 heteroatoms. The number of aryl methyl sites for hydroxylation is 1. The van der Waals surface area contributed by atoms with E-state index in [9.17, 15) is 13.2 Å². The van der Waals surface area contributed by atoms with Crippen LogP contribution in [-0.2, 0) is 10.0 Å². The molecule has 0 radical (unpaired) electrons. The van der Waals surface area contributed by atoms with Crippen LogP contribution >= 0.6 is 22.9 Å². The minimum Gasteiger partial charge on any atom is -0.298 e. The topological polar surface area (TPSA) is 79.4 Å². The molecule has 0 fully saturated rings. The van der Waals surface area contributed by atoms with Gasteiger partial charge in [-0.25, -0.2) is 13.4 Å². The van der Waals surface area contributed by atoms with Crippen molar-refractivity contribution in [2.45, 2.75) is 25.7 Å². The molecule has 6 nitrogen and oxygen atoms in total. The molecule has 1 aromatic heterocycles. The van der Waals surface area contributed by atoms with Crippen molar-refractivity contribution in [1.29, 1.82) is 0 Å². The predicted octanol–water partition coefficient (Wildman–Crippen LogP) is 3.39. The van der Waals surface area contributed by atoms with E-state index >= 15 is 0 Å². The average Bonchev–Trinajstić information content (AvgIpc) is 2.93. The van der Waals surface area contributed by atoms with Crippen molar-refractivity contribution in [3.05, 3.63) is 39.9 Å². The molecule has 24 heavy (non-hydrogen) atoms. The van der Waals surface area contributed by atoms with Gasteiger partial charge in [0.25, 0.3) is 5.91 Å². The number of carbonyl (C=O) groups is 1. The van der Waals surface area contributed by atoms with Crippen molar-refractivity contribution in [3.8, 4) is 0 Å². The Hall–Kier alpha value is -1.48. The Labute approximate surface area is 150 Å². The third-order valence-electron chi connectivity index (χ3n) is 3.36. The van der Waals surface area contributed by atoms with Gasteiger partial charge in [-0.1, -0.05) is 25.4 Å². The zero-order valence-corrected chi connectivity index (χ0v) is 15.9. The quantitative estimate of drug-likeness (QED) is 0.823. The van der Waals surface area contributed by atoms with Crippen LogP contribution in [0.25, 0.3) is 0 Å². The van der Waals surface area contributed by atoms with Gasteiger partial charge < -0.3 is 0 Å². The molecule has 0 spiro atoms. The number of thiazole rings is 1. The molecular formula is C15H18ClN3O3S2. The lowest BCUT2D eigenvalue weighted by atomic mass is 10.2. The number of aromatic nitrogens is 1. The number of rotatable bonds is 6. The highest BCUT2D eigenvalue weighted by Crippen LogP contribution is 2.26. The normalized spacial score (nSPS) is 11.7. The monoisotopic (exact) mass is 387 g/mol. The van der Waals surface area contributed by atoms with Crippen LogP contribution in [0.5, 0.6) is 0 Å². The Bertz CT molecular complexity index is 845. The number of benzene rings is 1. The number of amides is 1. The van der Waals surface area contributed by atoms with Crippen LogP contribution in [0, 0.1) is 6.92 Å². The molecule has 1 heterocycles. The summed E-state index contributed by atoms with van der Waals surface area (Å²) in [6.07, 6.45) is 0. The Kier molecular flexibility index (Phi) is 5.97. The van der Waals surface area contributed by atoms with Gasteiger partial charge >= 0.3 is 0 Å². The molecule has 0 saturated carbocycles. The van der Waals surface area contributed by atoms with Crippen molar-refractivity contribution in [2.75, 3.05) is 18.4 Å². The van der Waals surface area contributed by atoms with Gasteiger partial charge in [-0.2, -0.15) is 4.31 Å². The molecule has 0 aliphatic heterocycles. The number of halogens is 1. The first-order valence-electron chi connectivity index (χ1n) is 7.32. The summed E-state index contributed by atoms with van der Waals surface area (Å²) in [5.41, 5.74) is 1.01. The van der Waals surface area contributed by atoms with E-state index in [4.69, 9.17) is 11.6 Å². The SMILES string of the molecule is CCN(CC)S(=O)(=O)c1cc(C(=O)Nc2nc(C)cs2)ccc1Cl. The summed E-state index contributed by atoms with van der Waals surface area (Å²) in [6.45, 7) is 5.96. The van der Waals surface area contributed by atoms with Crippen LogP contribution in [0.1, 0.15) is 29.9 Å². The largest absolute Gasteiger partial charge is 0.298 e. The van der Waals surface area contributed by atoms with E-state index in [0.29, 0.717) is 18.2 Å². The number of hydrogen-bond acceptors (Lipinski definition) is 5. The van der Waals surface area contributed by atoms with Gasteiger partial charge in [0.15, 0.2) is 5.13 Å². The molecule has 130 valence electrons. The second-order valence-corrected chi connectivity index (χ2v) is 8.15. The maximum Gasteiger partial charge on any atom is 0.257 e. The van der Waals surface area contributed by atoms with Crippen LogP contribution in [-0.4, -0.2) is 36.7 Å². The zero-order chi connectivity index (χ0) is 17.9. The molecule has 0 aliphatic carbocycles. The maximum absolute atomic E-state index is 12.7. The molecule has 0 bridgehead atoms. The number of nitrogens with one attached hydrogen (secondary N) is 1. The van der Waals surface area contributed by atoms with Gasteiger partial charge in [-0.15, -0.1) is 11.3 Å². The molecule has 1 N–H and O–H groups in total. The summed E-state index contributed by atoms with van der Waals surface area (Å²) in [6, 6.07) is 4.20. The van der Waals surface area contributed by atoms with Gasteiger partial charge in [-0.05, 0) is 25.1 Å². The molecule has 0 unspecified atom stereocenters. The molecule has 1 amide bonds. The van der Waals surface area contributed by atoms with Crippen molar-refractivity contribution in [3.63, 3.8) is 0 Å². The number of hydrogen-bond donors (Lipinski definition) is 1. The van der Waals surface area contributed by atoms with E-state index in [1.165, 1.54) is 33.8 Å². The maximum atomic E-state index is 12.7. The highest BCUT2D eigenvalue weighted by Gasteiger charge is 2.25. The Morgan fingerprint density at radius 1 is 1.33 bits per heavy atom. The molecule has 0 saturated heterocycles. The second-order valence-electron chi connectivity index (χ2n) is 4.98. The molecular weight excluding hydrogens is 370 g/mol. The highest BCUT2D eigenvalue weighted by molar-refractivity contribution is 7.89. The van der Waals surface area contributed by atoms with Crippen molar-refractivity contribution in [2.24, 2.45) is 0 Å². The summed E-state index contributed by atoms with van der Waals surface area (Å²) in [4.78, 5) is 16.4. The summed E-state index contributed by atoms with van der Waals surface area (Å²) in [5, 5.41) is 5.01. The van der Waals surface area contributed by atoms with E-state index in [-0.39, 0.29) is 15.5 Å². The Balaban J connectivity index is 2.36. The summed E-state index contributed by atoms with van der Waals surface area (Å²) >= 11 is 7.36. The van der Waals surface area contributed by atoms with Crippen molar-refractivity contribution >= 4 is 44.0 Å². The summed E-state index contributed by atoms with van der Waals surface area (Å²) < 4.78 is 26.6. The number of nitrogens with zero attached hydrogens (tertiary/aromatic N) is 2. The van der Waals surface area contributed by atoms with Gasteiger partial charge in [0.05, 0.1) is 10.7 Å². The fraction of sp³-hybridized carbons (Fsp3) is 0.333. The van der Waals surface area contributed by atoms with Crippen molar-refractivity contribution in [1.82, 2.24) is 9.29 Å². The first-order valence-corrected chi connectivity index (χ1v) is 10.0.